The van der Waals surface area contributed by atoms with E-state index in [4.69, 9.17) is 9.47 Å². The van der Waals surface area contributed by atoms with E-state index in [0.29, 0.717) is 31.0 Å². The van der Waals surface area contributed by atoms with Crippen LogP contribution in [-0.4, -0.2) is 30.3 Å². The van der Waals surface area contributed by atoms with Crippen LogP contribution in [0.4, 0.5) is 14.5 Å². The first-order valence-electron chi connectivity index (χ1n) is 8.80. The molecule has 0 bridgehead atoms. The molecule has 2 aromatic carbocycles. The van der Waals surface area contributed by atoms with Crippen molar-refractivity contribution in [3.8, 4) is 5.75 Å². The van der Waals surface area contributed by atoms with Crippen LogP contribution in [0.1, 0.15) is 35.2 Å². The van der Waals surface area contributed by atoms with Gasteiger partial charge in [-0.3, -0.25) is 4.79 Å². The van der Waals surface area contributed by atoms with Gasteiger partial charge < -0.3 is 19.9 Å². The Morgan fingerprint density at radius 2 is 2.11 bits per heavy atom. The van der Waals surface area contributed by atoms with Gasteiger partial charge in [0, 0.05) is 24.4 Å². The lowest BCUT2D eigenvalue weighted by atomic mass is 10.1. The average Bonchev–Trinajstić information content (AvgIpc) is 2.62. The zero-order valence-electron chi connectivity index (χ0n) is 14.7. The lowest BCUT2D eigenvalue weighted by Crippen LogP contribution is -2.24. The Bertz CT molecular complexity index is 783. The van der Waals surface area contributed by atoms with Gasteiger partial charge in [-0.15, -0.1) is 0 Å². The second-order valence-corrected chi connectivity index (χ2v) is 6.44. The number of aromatic hydroxyl groups is 1. The summed E-state index contributed by atoms with van der Waals surface area (Å²) in [6, 6.07) is 8.13. The van der Waals surface area contributed by atoms with Crippen LogP contribution >= 0.6 is 0 Å². The van der Waals surface area contributed by atoms with Gasteiger partial charge in [0.25, 0.3) is 5.91 Å². The lowest BCUT2D eigenvalue weighted by Gasteiger charge is -2.22. The normalized spacial score (nSPS) is 16.9. The molecule has 1 unspecified atom stereocenters. The number of hydrogen-bond donors (Lipinski definition) is 2. The molecule has 7 heteroatoms. The molecule has 1 atom stereocenters. The SMILES string of the molecule is O=C(Nc1cccc(COCC2CCCCO2)c1)c1c(O)cc(F)cc1F. The maximum absolute atomic E-state index is 13.8. The number of hydrogen-bond acceptors (Lipinski definition) is 4. The molecule has 1 heterocycles. The molecule has 0 aliphatic carbocycles. The average molecular weight is 377 g/mol. The first-order valence-corrected chi connectivity index (χ1v) is 8.80. The highest BCUT2D eigenvalue weighted by Gasteiger charge is 2.19. The fourth-order valence-corrected chi connectivity index (χ4v) is 2.96. The van der Waals surface area contributed by atoms with E-state index >= 15 is 0 Å². The fraction of sp³-hybridized carbons (Fsp3) is 0.350. The third kappa shape index (κ3) is 5.24. The molecule has 2 aromatic rings. The van der Waals surface area contributed by atoms with E-state index in [2.05, 4.69) is 5.32 Å². The van der Waals surface area contributed by atoms with Crippen LogP contribution in [0.3, 0.4) is 0 Å². The Morgan fingerprint density at radius 3 is 2.85 bits per heavy atom. The van der Waals surface area contributed by atoms with Gasteiger partial charge in [-0.25, -0.2) is 8.78 Å². The molecule has 0 radical (unpaired) electrons. The molecule has 0 aromatic heterocycles. The van der Waals surface area contributed by atoms with Gasteiger partial charge in [0.2, 0.25) is 0 Å². The molecule has 1 aliphatic heterocycles. The number of phenols is 1. The van der Waals surface area contributed by atoms with Crippen LogP contribution in [0.5, 0.6) is 5.75 Å². The number of carbonyl (C=O) groups is 1. The summed E-state index contributed by atoms with van der Waals surface area (Å²) in [7, 11) is 0. The smallest absolute Gasteiger partial charge is 0.262 e. The number of anilines is 1. The molecule has 1 fully saturated rings. The predicted octanol–water partition coefficient (Wildman–Crippen LogP) is 4.01. The van der Waals surface area contributed by atoms with Crippen molar-refractivity contribution in [2.45, 2.75) is 32.0 Å². The van der Waals surface area contributed by atoms with Crippen LogP contribution in [0.25, 0.3) is 0 Å². The number of nitrogens with one attached hydrogen (secondary N) is 1. The van der Waals surface area contributed by atoms with E-state index in [0.717, 1.165) is 31.4 Å². The van der Waals surface area contributed by atoms with Gasteiger partial charge in [-0.1, -0.05) is 12.1 Å². The van der Waals surface area contributed by atoms with Crippen molar-refractivity contribution in [2.24, 2.45) is 0 Å². The van der Waals surface area contributed by atoms with Crippen molar-refractivity contribution in [3.63, 3.8) is 0 Å². The topological polar surface area (TPSA) is 67.8 Å². The third-order valence-corrected chi connectivity index (χ3v) is 4.29. The molecule has 2 N–H and O–H groups in total. The van der Waals surface area contributed by atoms with Crippen LogP contribution in [0, 0.1) is 11.6 Å². The van der Waals surface area contributed by atoms with Crippen molar-refractivity contribution in [1.29, 1.82) is 0 Å². The van der Waals surface area contributed by atoms with Crippen LogP contribution in [0.15, 0.2) is 36.4 Å². The van der Waals surface area contributed by atoms with Gasteiger partial charge in [0.05, 0.1) is 19.3 Å². The van der Waals surface area contributed by atoms with Gasteiger partial charge in [-0.2, -0.15) is 0 Å². The van der Waals surface area contributed by atoms with Gasteiger partial charge in [0.15, 0.2) is 0 Å². The molecule has 0 spiro atoms. The zero-order valence-corrected chi connectivity index (χ0v) is 14.7. The summed E-state index contributed by atoms with van der Waals surface area (Å²) in [5, 5.41) is 12.1. The minimum Gasteiger partial charge on any atom is -0.507 e. The lowest BCUT2D eigenvalue weighted by molar-refractivity contribution is -0.0447. The molecule has 1 amide bonds. The summed E-state index contributed by atoms with van der Waals surface area (Å²) < 4.78 is 38.1. The number of amides is 1. The highest BCUT2D eigenvalue weighted by molar-refractivity contribution is 6.06. The van der Waals surface area contributed by atoms with Crippen molar-refractivity contribution >= 4 is 11.6 Å². The Balaban J connectivity index is 1.59. The molecule has 5 nitrogen and oxygen atoms in total. The number of benzene rings is 2. The minimum atomic E-state index is -1.13. The van der Waals surface area contributed by atoms with Gasteiger partial charge >= 0.3 is 0 Å². The summed E-state index contributed by atoms with van der Waals surface area (Å²) in [4.78, 5) is 12.2. The number of phenolic OH excluding ortho intramolecular Hbond substituents is 1. The van der Waals surface area contributed by atoms with E-state index in [-0.39, 0.29) is 6.10 Å². The summed E-state index contributed by atoms with van der Waals surface area (Å²) in [5.74, 6) is -3.70. The van der Waals surface area contributed by atoms with Crippen LogP contribution in [-0.2, 0) is 16.1 Å². The highest BCUT2D eigenvalue weighted by atomic mass is 19.1. The molecular weight excluding hydrogens is 356 g/mol. The summed E-state index contributed by atoms with van der Waals surface area (Å²) >= 11 is 0. The number of carbonyl (C=O) groups excluding carboxylic acids is 1. The first-order chi connectivity index (χ1) is 13.0. The maximum Gasteiger partial charge on any atom is 0.262 e. The maximum atomic E-state index is 13.8. The number of halogens is 2. The molecule has 144 valence electrons. The monoisotopic (exact) mass is 377 g/mol. The standard InChI is InChI=1S/C20H21F2NO4/c21-14-9-17(22)19(18(24)10-14)20(25)23-15-5-3-4-13(8-15)11-26-12-16-6-1-2-7-27-16/h3-5,8-10,16,24H,1-2,6-7,11-12H2,(H,23,25). The number of rotatable bonds is 6. The summed E-state index contributed by atoms with van der Waals surface area (Å²) in [5.41, 5.74) is 0.637. The third-order valence-electron chi connectivity index (χ3n) is 4.29. The van der Waals surface area contributed by atoms with Gasteiger partial charge in [0.1, 0.15) is 22.9 Å². The quantitative estimate of drug-likeness (QED) is 0.798. The van der Waals surface area contributed by atoms with E-state index in [9.17, 15) is 18.7 Å². The van der Waals surface area contributed by atoms with E-state index in [1.165, 1.54) is 0 Å². The Morgan fingerprint density at radius 1 is 1.26 bits per heavy atom. The molecule has 0 saturated carbocycles. The minimum absolute atomic E-state index is 0.117. The van der Waals surface area contributed by atoms with Gasteiger partial charge in [-0.05, 0) is 37.0 Å². The largest absolute Gasteiger partial charge is 0.507 e. The summed E-state index contributed by atoms with van der Waals surface area (Å²) in [6.07, 6.45) is 3.33. The summed E-state index contributed by atoms with van der Waals surface area (Å²) in [6.45, 7) is 1.62. The van der Waals surface area contributed by atoms with Crippen molar-refractivity contribution in [1.82, 2.24) is 0 Å². The van der Waals surface area contributed by atoms with E-state index < -0.39 is 28.9 Å². The van der Waals surface area contributed by atoms with E-state index in [1.807, 2.05) is 6.07 Å². The molecular formula is C20H21F2NO4. The second-order valence-electron chi connectivity index (χ2n) is 6.44. The second kappa shape index (κ2) is 8.92. The van der Waals surface area contributed by atoms with Crippen LogP contribution < -0.4 is 5.32 Å². The van der Waals surface area contributed by atoms with E-state index in [1.54, 1.807) is 18.2 Å². The molecule has 3 rings (SSSR count). The predicted molar refractivity (Wildman–Crippen MR) is 95.7 cm³/mol. The Hall–Kier alpha value is -2.51. The van der Waals surface area contributed by atoms with Crippen molar-refractivity contribution < 1.29 is 28.2 Å². The zero-order chi connectivity index (χ0) is 19.2. The van der Waals surface area contributed by atoms with Crippen molar-refractivity contribution in [3.05, 3.63) is 59.2 Å². The number of ether oxygens (including phenoxy) is 2. The first kappa shape index (κ1) is 19.3. The Kier molecular flexibility index (Phi) is 6.36. The van der Waals surface area contributed by atoms with Crippen LogP contribution in [0.2, 0.25) is 0 Å². The molecule has 27 heavy (non-hydrogen) atoms. The fourth-order valence-electron chi connectivity index (χ4n) is 2.96. The van der Waals surface area contributed by atoms with Crippen molar-refractivity contribution in [2.75, 3.05) is 18.5 Å². The highest BCUT2D eigenvalue weighted by Crippen LogP contribution is 2.23. The molecule has 1 aliphatic rings. The molecule has 1 saturated heterocycles. The Labute approximate surface area is 155 Å².